The van der Waals surface area contributed by atoms with Crippen LogP contribution < -0.4 is 10.6 Å². The Morgan fingerprint density at radius 1 is 1.27 bits per heavy atom. The van der Waals surface area contributed by atoms with Crippen molar-refractivity contribution in [2.45, 2.75) is 64.0 Å². The van der Waals surface area contributed by atoms with Crippen molar-refractivity contribution < 1.29 is 14.1 Å². The molecule has 0 spiro atoms. The molecule has 1 aromatic carbocycles. The number of aromatic nitrogens is 1. The van der Waals surface area contributed by atoms with E-state index in [1.165, 1.54) is 0 Å². The second-order valence-electron chi connectivity index (χ2n) is 8.56. The lowest BCUT2D eigenvalue weighted by atomic mass is 9.86. The SMILES string of the molecule is CC(C)OC(=O)NC1CCC(c2ncc(-c3ccc(Br)cc3P3(=O)CCC3)s2)CC1. The van der Waals surface area contributed by atoms with Gasteiger partial charge in [0.05, 0.1) is 16.0 Å². The number of hydrogen-bond acceptors (Lipinski definition) is 5. The number of ether oxygens (including phenoxy) is 1. The predicted octanol–water partition coefficient (Wildman–Crippen LogP) is 6.13. The van der Waals surface area contributed by atoms with Crippen LogP contribution in [0.25, 0.3) is 10.4 Å². The molecule has 0 atom stereocenters. The van der Waals surface area contributed by atoms with E-state index in [9.17, 15) is 9.36 Å². The largest absolute Gasteiger partial charge is 0.447 e. The molecular weight excluding hydrogens is 483 g/mol. The molecule has 1 saturated heterocycles. The monoisotopic (exact) mass is 510 g/mol. The zero-order valence-electron chi connectivity index (χ0n) is 17.4. The minimum absolute atomic E-state index is 0.103. The van der Waals surface area contributed by atoms with Crippen molar-refractivity contribution in [1.29, 1.82) is 0 Å². The van der Waals surface area contributed by atoms with E-state index in [0.717, 1.165) is 69.7 Å². The Kier molecular flexibility index (Phi) is 6.71. The van der Waals surface area contributed by atoms with Crippen LogP contribution in [-0.2, 0) is 9.30 Å². The molecule has 4 rings (SSSR count). The van der Waals surface area contributed by atoms with Gasteiger partial charge in [0.15, 0.2) is 0 Å². The minimum Gasteiger partial charge on any atom is -0.447 e. The van der Waals surface area contributed by atoms with Crippen LogP contribution in [0.4, 0.5) is 4.79 Å². The van der Waals surface area contributed by atoms with Gasteiger partial charge in [-0.15, -0.1) is 11.3 Å². The highest BCUT2D eigenvalue weighted by Gasteiger charge is 2.35. The molecule has 1 aromatic heterocycles. The van der Waals surface area contributed by atoms with E-state index in [0.29, 0.717) is 5.92 Å². The highest BCUT2D eigenvalue weighted by molar-refractivity contribution is 9.10. The molecule has 1 aliphatic carbocycles. The first kappa shape index (κ1) is 22.0. The zero-order chi connectivity index (χ0) is 21.3. The summed E-state index contributed by atoms with van der Waals surface area (Å²) in [6.45, 7) is 3.71. The van der Waals surface area contributed by atoms with Gasteiger partial charge < -0.3 is 14.6 Å². The second kappa shape index (κ2) is 9.13. The molecule has 1 N–H and O–H groups in total. The number of thiazole rings is 1. The average Bonchev–Trinajstić information content (AvgIpc) is 3.16. The van der Waals surface area contributed by atoms with E-state index in [1.54, 1.807) is 11.3 Å². The molecule has 30 heavy (non-hydrogen) atoms. The lowest BCUT2D eigenvalue weighted by molar-refractivity contribution is 0.109. The Bertz CT molecular complexity index is 961. The molecule has 2 aromatic rings. The number of alkyl carbamates (subject to hydrolysis) is 1. The van der Waals surface area contributed by atoms with E-state index < -0.39 is 7.14 Å². The van der Waals surface area contributed by atoms with Crippen LogP contribution in [0.5, 0.6) is 0 Å². The van der Waals surface area contributed by atoms with Gasteiger partial charge in [0.25, 0.3) is 0 Å². The van der Waals surface area contributed by atoms with Gasteiger partial charge in [-0.05, 0) is 58.1 Å². The quantitative estimate of drug-likeness (QED) is 0.491. The first-order valence-electron chi connectivity index (χ1n) is 10.7. The Labute approximate surface area is 190 Å². The van der Waals surface area contributed by atoms with Crippen molar-refractivity contribution in [2.75, 3.05) is 12.3 Å². The third kappa shape index (κ3) is 4.84. The van der Waals surface area contributed by atoms with Crippen LogP contribution in [0.3, 0.4) is 0 Å². The summed E-state index contributed by atoms with van der Waals surface area (Å²) in [5, 5.41) is 5.14. The van der Waals surface area contributed by atoms with Gasteiger partial charge >= 0.3 is 6.09 Å². The van der Waals surface area contributed by atoms with Crippen molar-refractivity contribution in [3.8, 4) is 10.4 Å². The number of amides is 1. The molecule has 162 valence electrons. The van der Waals surface area contributed by atoms with Crippen LogP contribution in [-0.4, -0.2) is 35.5 Å². The topological polar surface area (TPSA) is 68.3 Å². The van der Waals surface area contributed by atoms with Crippen LogP contribution in [0.1, 0.15) is 56.9 Å². The van der Waals surface area contributed by atoms with Gasteiger partial charge in [-0.25, -0.2) is 9.78 Å². The summed E-state index contributed by atoms with van der Waals surface area (Å²) in [6.07, 6.45) is 8.10. The summed E-state index contributed by atoms with van der Waals surface area (Å²) in [5.74, 6) is 0.418. The Hall–Kier alpha value is -1.17. The van der Waals surface area contributed by atoms with Crippen LogP contribution in [0.2, 0.25) is 0 Å². The maximum absolute atomic E-state index is 13.2. The highest BCUT2D eigenvalue weighted by Crippen LogP contribution is 2.56. The molecule has 2 aliphatic rings. The number of hydrogen-bond donors (Lipinski definition) is 1. The molecule has 0 unspecified atom stereocenters. The van der Waals surface area contributed by atoms with E-state index in [2.05, 4.69) is 27.3 Å². The second-order valence-corrected chi connectivity index (χ2v) is 13.7. The summed E-state index contributed by atoms with van der Waals surface area (Å²) < 4.78 is 19.4. The van der Waals surface area contributed by atoms with Crippen LogP contribution >= 0.6 is 34.4 Å². The molecule has 5 nitrogen and oxygen atoms in total. The first-order chi connectivity index (χ1) is 14.3. The summed E-state index contributed by atoms with van der Waals surface area (Å²) in [7, 11) is -2.23. The third-order valence-corrected chi connectivity index (χ3v) is 11.0. The summed E-state index contributed by atoms with van der Waals surface area (Å²) in [6, 6.07) is 6.32. The fraction of sp³-hybridized carbons (Fsp3) is 0.545. The van der Waals surface area contributed by atoms with Gasteiger partial charge in [0.1, 0.15) is 7.14 Å². The minimum atomic E-state index is -2.23. The van der Waals surface area contributed by atoms with Gasteiger partial charge in [0.2, 0.25) is 0 Å². The molecule has 1 amide bonds. The number of rotatable bonds is 5. The number of carbonyl (C=O) groups excluding carboxylic acids is 1. The van der Waals surface area contributed by atoms with Crippen molar-refractivity contribution in [2.24, 2.45) is 0 Å². The van der Waals surface area contributed by atoms with Crippen molar-refractivity contribution in [1.82, 2.24) is 10.3 Å². The third-order valence-electron chi connectivity index (χ3n) is 5.97. The number of carbonyl (C=O) groups is 1. The Morgan fingerprint density at radius 3 is 2.63 bits per heavy atom. The van der Waals surface area contributed by atoms with Gasteiger partial charge in [-0.3, -0.25) is 0 Å². The fourth-order valence-electron chi connectivity index (χ4n) is 4.24. The van der Waals surface area contributed by atoms with Crippen LogP contribution in [0.15, 0.2) is 28.9 Å². The molecule has 0 bridgehead atoms. The summed E-state index contributed by atoms with van der Waals surface area (Å²) >= 11 is 5.27. The Balaban J connectivity index is 1.44. The summed E-state index contributed by atoms with van der Waals surface area (Å²) in [4.78, 5) is 17.7. The number of nitrogens with one attached hydrogen (secondary N) is 1. The number of nitrogens with zero attached hydrogens (tertiary/aromatic N) is 1. The molecule has 2 fully saturated rings. The Morgan fingerprint density at radius 2 is 2.00 bits per heavy atom. The standard InChI is InChI=1S/C22H28BrN2O3PS/c1-14(2)28-22(26)25-17-7-4-15(5-8-17)21-24-13-20(30-21)18-9-6-16(23)12-19(18)29(27)10-3-11-29/h6,9,12-15,17H,3-5,7-8,10-11H2,1-2H3,(H,25,26). The molecule has 2 heterocycles. The van der Waals surface area contributed by atoms with Crippen molar-refractivity contribution >= 4 is 45.8 Å². The normalized spacial score (nSPS) is 23.1. The fourth-order valence-corrected chi connectivity index (χ4v) is 8.36. The summed E-state index contributed by atoms with van der Waals surface area (Å²) in [5.41, 5.74) is 1.08. The highest BCUT2D eigenvalue weighted by atomic mass is 79.9. The lowest BCUT2D eigenvalue weighted by Crippen LogP contribution is -2.38. The van der Waals surface area contributed by atoms with Crippen LogP contribution in [0, 0.1) is 0 Å². The zero-order valence-corrected chi connectivity index (χ0v) is 20.7. The maximum Gasteiger partial charge on any atom is 0.407 e. The molecule has 8 heteroatoms. The smallest absolute Gasteiger partial charge is 0.407 e. The molecule has 1 aliphatic heterocycles. The van der Waals surface area contributed by atoms with Crippen molar-refractivity contribution in [3.63, 3.8) is 0 Å². The predicted molar refractivity (Wildman–Crippen MR) is 127 cm³/mol. The van der Waals surface area contributed by atoms with Gasteiger partial charge in [-0.2, -0.15) is 0 Å². The van der Waals surface area contributed by atoms with E-state index in [4.69, 9.17) is 9.72 Å². The maximum atomic E-state index is 13.2. The lowest BCUT2D eigenvalue weighted by Gasteiger charge is -2.29. The van der Waals surface area contributed by atoms with Crippen molar-refractivity contribution in [3.05, 3.63) is 33.9 Å². The van der Waals surface area contributed by atoms with E-state index in [-0.39, 0.29) is 18.2 Å². The van der Waals surface area contributed by atoms with E-state index >= 15 is 0 Å². The first-order valence-corrected chi connectivity index (χ1v) is 14.3. The number of halogens is 1. The molecule has 1 saturated carbocycles. The van der Waals surface area contributed by atoms with E-state index in [1.807, 2.05) is 32.2 Å². The number of benzene rings is 1. The average molecular weight is 511 g/mol. The van der Waals surface area contributed by atoms with Gasteiger partial charge in [0, 0.05) is 45.8 Å². The van der Waals surface area contributed by atoms with Gasteiger partial charge in [-0.1, -0.05) is 22.0 Å². The molecular formula is C22H28BrN2O3PS. The molecule has 0 radical (unpaired) electrons.